The Balaban J connectivity index is 1.42. The molecule has 1 aliphatic carbocycles. The summed E-state index contributed by atoms with van der Waals surface area (Å²) in [6.07, 6.45) is 6.44. The largest absolute Gasteiger partial charge is 0.490 e. The Morgan fingerprint density at radius 1 is 1.02 bits per heavy atom. The Morgan fingerprint density at radius 3 is 2.50 bits per heavy atom. The van der Waals surface area contributed by atoms with Gasteiger partial charge in [-0.05, 0) is 79.3 Å². The Labute approximate surface area is 250 Å². The highest BCUT2D eigenvalue weighted by atomic mass is 35.5. The minimum atomic E-state index is -0.185. The molecule has 1 saturated heterocycles. The van der Waals surface area contributed by atoms with Crippen molar-refractivity contribution in [1.82, 2.24) is 4.90 Å². The van der Waals surface area contributed by atoms with Crippen molar-refractivity contribution in [3.63, 3.8) is 0 Å². The zero-order valence-corrected chi connectivity index (χ0v) is 25.1. The summed E-state index contributed by atoms with van der Waals surface area (Å²) in [6, 6.07) is 21.5. The lowest BCUT2D eigenvalue weighted by molar-refractivity contribution is -0.129. The number of ether oxygens (including phenoxy) is 2. The first-order valence-corrected chi connectivity index (χ1v) is 15.4. The molecule has 1 amide bonds. The number of nitrogens with one attached hydrogen (secondary N) is 1. The fraction of sp³-hybridized carbons (Fsp3) is 0.344. The number of para-hydroxylation sites is 1. The average Bonchev–Trinajstić information content (AvgIpc) is 3.24. The van der Waals surface area contributed by atoms with Gasteiger partial charge in [-0.1, -0.05) is 85.1 Å². The summed E-state index contributed by atoms with van der Waals surface area (Å²) in [6.45, 7) is 4.96. The van der Waals surface area contributed by atoms with E-state index in [2.05, 4.69) is 17.1 Å². The summed E-state index contributed by atoms with van der Waals surface area (Å²) in [5, 5.41) is 4.69. The fourth-order valence-corrected chi connectivity index (χ4v) is 6.94. The van der Waals surface area contributed by atoms with Crippen LogP contribution in [0.3, 0.4) is 0 Å². The maximum absolute atomic E-state index is 13.9. The lowest BCUT2D eigenvalue weighted by Gasteiger charge is -2.39. The molecule has 0 bridgehead atoms. The van der Waals surface area contributed by atoms with Crippen LogP contribution in [0.15, 0.2) is 71.6 Å². The second-order valence-corrected chi connectivity index (χ2v) is 12.2. The van der Waals surface area contributed by atoms with E-state index in [0.717, 1.165) is 36.1 Å². The number of thioether (sulfide) groups is 1. The maximum Gasteiger partial charge on any atom is 0.262 e. The molecule has 5 rings (SSSR count). The summed E-state index contributed by atoms with van der Waals surface area (Å²) in [7, 11) is 0. The topological polar surface area (TPSA) is 50.8 Å². The number of hydrogen-bond acceptors (Lipinski definition) is 5. The van der Waals surface area contributed by atoms with Gasteiger partial charge in [-0.25, -0.2) is 0 Å². The predicted molar refractivity (Wildman–Crippen MR) is 166 cm³/mol. The summed E-state index contributed by atoms with van der Waals surface area (Å²) >= 11 is 14.3. The van der Waals surface area contributed by atoms with Gasteiger partial charge in [-0.3, -0.25) is 4.79 Å². The van der Waals surface area contributed by atoms with Crippen LogP contribution in [0.1, 0.15) is 50.7 Å². The molecule has 5 nitrogen and oxygen atoms in total. The van der Waals surface area contributed by atoms with E-state index in [1.54, 1.807) is 11.8 Å². The van der Waals surface area contributed by atoms with Crippen LogP contribution in [0.4, 0.5) is 5.69 Å². The van der Waals surface area contributed by atoms with Gasteiger partial charge >= 0.3 is 0 Å². The van der Waals surface area contributed by atoms with Gasteiger partial charge in [0.2, 0.25) is 0 Å². The van der Waals surface area contributed by atoms with Gasteiger partial charge in [-0.2, -0.15) is 0 Å². The molecule has 2 fully saturated rings. The molecule has 1 N–H and O–H groups in total. The zero-order valence-electron chi connectivity index (χ0n) is 22.7. The van der Waals surface area contributed by atoms with E-state index >= 15 is 0 Å². The van der Waals surface area contributed by atoms with Gasteiger partial charge in [0, 0.05) is 16.8 Å². The first kappa shape index (κ1) is 28.7. The Kier molecular flexibility index (Phi) is 9.51. The molecule has 3 aromatic carbocycles. The number of halogens is 2. The number of hydrogen-bond donors (Lipinski definition) is 1. The quantitative estimate of drug-likeness (QED) is 0.250. The number of anilines is 1. The molecule has 40 heavy (non-hydrogen) atoms. The highest BCUT2D eigenvalue weighted by molar-refractivity contribution is 8.05. The molecule has 0 aromatic heterocycles. The zero-order chi connectivity index (χ0) is 28.1. The smallest absolute Gasteiger partial charge is 0.262 e. The van der Waals surface area contributed by atoms with E-state index in [4.69, 9.17) is 32.7 Å². The van der Waals surface area contributed by atoms with Crippen LogP contribution in [0.25, 0.3) is 6.08 Å². The fourth-order valence-electron chi connectivity index (χ4n) is 5.33. The van der Waals surface area contributed by atoms with Crippen LogP contribution in [-0.4, -0.2) is 29.0 Å². The molecule has 0 radical (unpaired) electrons. The monoisotopic (exact) mass is 596 g/mol. The second kappa shape index (κ2) is 13.2. The van der Waals surface area contributed by atoms with Crippen LogP contribution in [-0.2, 0) is 11.4 Å². The third-order valence-corrected chi connectivity index (χ3v) is 9.00. The molecule has 3 aromatic rings. The number of carbonyl (C=O) groups excluding carboxylic acids is 1. The minimum Gasteiger partial charge on any atom is -0.490 e. The molecular weight excluding hydrogens is 563 g/mol. The molecule has 1 aliphatic heterocycles. The number of carbonyl (C=O) groups is 1. The highest BCUT2D eigenvalue weighted by Crippen LogP contribution is 2.44. The second-order valence-electron chi connectivity index (χ2n) is 10.2. The number of nitrogens with zero attached hydrogens (tertiary/aromatic N) is 1. The van der Waals surface area contributed by atoms with E-state index in [1.807, 2.05) is 79.7 Å². The van der Waals surface area contributed by atoms with Gasteiger partial charge in [0.15, 0.2) is 17.0 Å². The molecule has 3 atom stereocenters. The maximum atomic E-state index is 13.9. The predicted octanol–water partition coefficient (Wildman–Crippen LogP) is 8.86. The minimum absolute atomic E-state index is 0.0503. The lowest BCUT2D eigenvalue weighted by atomic mass is 9.85. The van der Waals surface area contributed by atoms with Gasteiger partial charge in [0.05, 0.1) is 16.5 Å². The lowest BCUT2D eigenvalue weighted by Crippen LogP contribution is -2.48. The van der Waals surface area contributed by atoms with Gasteiger partial charge < -0.3 is 19.7 Å². The van der Waals surface area contributed by atoms with Crippen molar-refractivity contribution in [2.75, 3.05) is 11.9 Å². The molecule has 8 heteroatoms. The third-order valence-electron chi connectivity index (χ3n) is 7.35. The molecule has 1 heterocycles. The van der Waals surface area contributed by atoms with E-state index in [-0.39, 0.29) is 17.4 Å². The SMILES string of the molecule is CCOc1cc(/C=C2\SC(Nc3ccccc3)N([C@@H]3CCCC[C@H]3C)C2=O)cc(Cl)c1OCc1ccc(Cl)cc1. The summed E-state index contributed by atoms with van der Waals surface area (Å²) in [5.74, 6) is 1.53. The highest BCUT2D eigenvalue weighted by Gasteiger charge is 2.43. The number of amides is 1. The Hall–Kier alpha value is -2.80. The standard InChI is InChI=1S/C32H34Cl2N2O3S/c1-3-38-28-18-23(17-26(34)30(28)39-20-22-13-15-24(33)16-14-22)19-29-31(37)36(27-12-8-7-9-21(27)2)32(40-29)35-25-10-5-4-6-11-25/h4-6,10-11,13-19,21,27,32,35H,3,7-9,12,20H2,1-2H3/b29-19-/t21-,27-,32?/m1/s1. The molecule has 2 aliphatic rings. The Morgan fingerprint density at radius 2 is 1.77 bits per heavy atom. The summed E-state index contributed by atoms with van der Waals surface area (Å²) in [5.41, 5.74) is 2.57. The number of rotatable bonds is 9. The van der Waals surface area contributed by atoms with Crippen molar-refractivity contribution in [3.05, 3.63) is 92.8 Å². The van der Waals surface area contributed by atoms with E-state index < -0.39 is 0 Å². The van der Waals surface area contributed by atoms with Crippen molar-refractivity contribution in [3.8, 4) is 11.5 Å². The van der Waals surface area contributed by atoms with Crippen LogP contribution in [0.5, 0.6) is 11.5 Å². The van der Waals surface area contributed by atoms with Crippen molar-refractivity contribution < 1.29 is 14.3 Å². The van der Waals surface area contributed by atoms with Crippen molar-refractivity contribution in [2.24, 2.45) is 5.92 Å². The Bertz CT molecular complexity index is 1350. The van der Waals surface area contributed by atoms with Gasteiger partial charge in [-0.15, -0.1) is 0 Å². The van der Waals surface area contributed by atoms with E-state index in [1.165, 1.54) is 6.42 Å². The van der Waals surface area contributed by atoms with Crippen LogP contribution >= 0.6 is 35.0 Å². The van der Waals surface area contributed by atoms with E-state index in [9.17, 15) is 4.79 Å². The summed E-state index contributed by atoms with van der Waals surface area (Å²) < 4.78 is 12.0. The van der Waals surface area contributed by atoms with Crippen molar-refractivity contribution >= 4 is 52.6 Å². The molecule has 0 spiro atoms. The molecule has 210 valence electrons. The molecule has 1 unspecified atom stereocenters. The number of benzene rings is 3. The first-order chi connectivity index (χ1) is 19.4. The van der Waals surface area contributed by atoms with Crippen LogP contribution in [0.2, 0.25) is 10.0 Å². The average molecular weight is 598 g/mol. The normalized spacial score (nSPS) is 22.0. The van der Waals surface area contributed by atoms with Gasteiger partial charge in [0.25, 0.3) is 5.91 Å². The third kappa shape index (κ3) is 6.73. The van der Waals surface area contributed by atoms with Crippen LogP contribution in [0, 0.1) is 5.92 Å². The van der Waals surface area contributed by atoms with Crippen molar-refractivity contribution in [2.45, 2.75) is 57.7 Å². The van der Waals surface area contributed by atoms with Gasteiger partial charge in [0.1, 0.15) is 6.61 Å². The first-order valence-electron chi connectivity index (χ1n) is 13.8. The van der Waals surface area contributed by atoms with E-state index in [0.29, 0.717) is 45.6 Å². The molecule has 1 saturated carbocycles. The summed E-state index contributed by atoms with van der Waals surface area (Å²) in [4.78, 5) is 16.6. The molecular formula is C32H34Cl2N2O3S. The van der Waals surface area contributed by atoms with Crippen molar-refractivity contribution in [1.29, 1.82) is 0 Å². The van der Waals surface area contributed by atoms with Crippen LogP contribution < -0.4 is 14.8 Å².